The van der Waals surface area contributed by atoms with E-state index in [0.29, 0.717) is 0 Å². The molecule has 12 heteroatoms. The Labute approximate surface area is 79.8 Å². The second-order valence-electron chi connectivity index (χ2n) is 2.50. The summed E-state index contributed by atoms with van der Waals surface area (Å²) in [4.78, 5) is 24.7. The first kappa shape index (κ1) is 13.1. The number of hydrogen-bond acceptors (Lipinski definition) is 9. The molecule has 0 aromatic heterocycles. The predicted molar refractivity (Wildman–Crippen MR) is 37.7 cm³/mol. The molecule has 12 nitrogen and oxygen atoms in total. The molecule has 0 spiro atoms. The fourth-order valence-electron chi connectivity index (χ4n) is 0.712. The van der Waals surface area contributed by atoms with Gasteiger partial charge in [0.2, 0.25) is 6.42 Å². The second kappa shape index (κ2) is 3.68. The topological polar surface area (TPSA) is 190 Å². The van der Waals surface area contributed by atoms with Crippen molar-refractivity contribution in [2.24, 2.45) is 0 Å². The van der Waals surface area contributed by atoms with Crippen molar-refractivity contribution >= 4 is 0 Å². The number of nitro groups is 3. The van der Waals surface area contributed by atoms with Gasteiger partial charge in [0.15, 0.2) is 14.8 Å². The van der Waals surface area contributed by atoms with Crippen LogP contribution in [0.5, 0.6) is 0 Å². The fraction of sp³-hybridized carbons (Fsp3) is 1.00. The van der Waals surface area contributed by atoms with Crippen LogP contribution in [0.1, 0.15) is 6.42 Å². The van der Waals surface area contributed by atoms with Gasteiger partial charge in [-0.15, -0.1) is 0 Å². The van der Waals surface area contributed by atoms with Crippen molar-refractivity contribution in [1.82, 2.24) is 0 Å². The van der Waals surface area contributed by atoms with Gasteiger partial charge < -0.3 is 15.3 Å². The van der Waals surface area contributed by atoms with E-state index in [2.05, 4.69) is 0 Å². The Hall–Kier alpha value is -1.92. The molecule has 0 aromatic rings. The van der Waals surface area contributed by atoms with Gasteiger partial charge in [-0.25, -0.2) is 0 Å². The average Bonchev–Trinajstić information content (AvgIpc) is 1.96. The Morgan fingerprint density at radius 2 is 1.13 bits per heavy atom. The zero-order chi connectivity index (χ0) is 12.4. The Morgan fingerprint density at radius 1 is 0.867 bits per heavy atom. The van der Waals surface area contributed by atoms with Gasteiger partial charge in [-0.2, -0.15) is 0 Å². The van der Waals surface area contributed by atoms with Crippen LogP contribution in [0.25, 0.3) is 0 Å². The Bertz CT molecular complexity index is 268. The smallest absolute Gasteiger partial charge is 0.343 e. The van der Waals surface area contributed by atoms with E-state index in [0.717, 1.165) is 0 Å². The summed E-state index contributed by atoms with van der Waals surface area (Å²) in [6, 6.07) is 0. The minimum Gasteiger partial charge on any atom is -0.343 e. The van der Waals surface area contributed by atoms with Gasteiger partial charge in [-0.3, -0.25) is 30.3 Å². The van der Waals surface area contributed by atoms with Crippen LogP contribution in [0.4, 0.5) is 0 Å². The van der Waals surface area contributed by atoms with Crippen LogP contribution in [0.3, 0.4) is 0 Å². The maximum Gasteiger partial charge on any atom is 0.707 e. The lowest BCUT2D eigenvalue weighted by atomic mass is 10.2. The molecule has 0 aliphatic carbocycles. The first-order valence-corrected chi connectivity index (χ1v) is 3.14. The summed E-state index contributed by atoms with van der Waals surface area (Å²) in [6.07, 6.45) is -2.10. The highest BCUT2D eigenvalue weighted by atomic mass is 16.7. The standard InChI is InChI=1S/C3H5N3O9/c7-3(8,9)1-2(4(10)11,5(12)13)6(14)15/h7-9H,1H2. The third-order valence-corrected chi connectivity index (χ3v) is 1.35. The molecule has 0 rings (SSSR count). The lowest BCUT2D eigenvalue weighted by Crippen LogP contribution is -2.57. The van der Waals surface area contributed by atoms with Crippen molar-refractivity contribution in [3.63, 3.8) is 0 Å². The van der Waals surface area contributed by atoms with E-state index in [9.17, 15) is 30.3 Å². The molecule has 0 aliphatic rings. The summed E-state index contributed by atoms with van der Waals surface area (Å²) >= 11 is 0. The molecule has 0 saturated carbocycles. The van der Waals surface area contributed by atoms with E-state index in [4.69, 9.17) is 15.3 Å². The normalized spacial score (nSPS) is 12.2. The molecule has 0 aromatic carbocycles. The first-order valence-electron chi connectivity index (χ1n) is 3.14. The number of hydrogen-bond donors (Lipinski definition) is 3. The molecule has 0 bridgehead atoms. The quantitative estimate of drug-likeness (QED) is 0.258. The van der Waals surface area contributed by atoms with E-state index in [1.54, 1.807) is 0 Å². The monoisotopic (exact) mass is 227 g/mol. The SMILES string of the molecule is O=[N+]([O-])C(CC(O)(O)O)([N+](=O)[O-])[N+](=O)[O-]. The van der Waals surface area contributed by atoms with Gasteiger partial charge in [0.25, 0.3) is 5.97 Å². The van der Waals surface area contributed by atoms with Gasteiger partial charge in [-0.1, -0.05) is 0 Å². The van der Waals surface area contributed by atoms with Crippen LogP contribution >= 0.6 is 0 Å². The molecule has 0 radical (unpaired) electrons. The lowest BCUT2D eigenvalue weighted by molar-refractivity contribution is -0.974. The molecule has 0 heterocycles. The van der Waals surface area contributed by atoms with Crippen molar-refractivity contribution in [2.45, 2.75) is 18.2 Å². The maximum absolute atomic E-state index is 10.2. The van der Waals surface area contributed by atoms with Crippen LogP contribution in [-0.2, 0) is 0 Å². The fourth-order valence-corrected chi connectivity index (χ4v) is 0.712. The van der Waals surface area contributed by atoms with Crippen molar-refractivity contribution in [1.29, 1.82) is 0 Å². The molecule has 0 atom stereocenters. The number of rotatable bonds is 5. The summed E-state index contributed by atoms with van der Waals surface area (Å²) in [6.45, 7) is 0. The van der Waals surface area contributed by atoms with Crippen molar-refractivity contribution < 1.29 is 30.1 Å². The van der Waals surface area contributed by atoms with Crippen LogP contribution < -0.4 is 0 Å². The summed E-state index contributed by atoms with van der Waals surface area (Å²) in [5.41, 5.74) is 0. The zero-order valence-electron chi connectivity index (χ0n) is 6.84. The summed E-state index contributed by atoms with van der Waals surface area (Å²) < 4.78 is 0. The minimum absolute atomic E-state index is 1.94. The maximum atomic E-state index is 10.2. The lowest BCUT2D eigenvalue weighted by Gasteiger charge is -2.15. The highest BCUT2D eigenvalue weighted by Crippen LogP contribution is 2.22. The van der Waals surface area contributed by atoms with Crippen molar-refractivity contribution in [2.75, 3.05) is 0 Å². The summed E-state index contributed by atoms with van der Waals surface area (Å²) in [7, 11) is 0. The summed E-state index contributed by atoms with van der Waals surface area (Å²) in [5, 5.41) is 55.4. The van der Waals surface area contributed by atoms with E-state index in [-0.39, 0.29) is 0 Å². The van der Waals surface area contributed by atoms with Gasteiger partial charge in [-0.05, 0) is 0 Å². The molecule has 0 amide bonds. The Balaban J connectivity index is 5.45. The van der Waals surface area contributed by atoms with Crippen LogP contribution in [0.2, 0.25) is 0 Å². The average molecular weight is 227 g/mol. The zero-order valence-corrected chi connectivity index (χ0v) is 6.84. The highest BCUT2D eigenvalue weighted by Gasteiger charge is 2.73. The third kappa shape index (κ3) is 2.52. The molecule has 0 aliphatic heterocycles. The van der Waals surface area contributed by atoms with Gasteiger partial charge in [0.1, 0.15) is 0 Å². The second-order valence-corrected chi connectivity index (χ2v) is 2.50. The molecular weight excluding hydrogens is 222 g/mol. The van der Waals surface area contributed by atoms with Crippen LogP contribution in [0.15, 0.2) is 0 Å². The third-order valence-electron chi connectivity index (χ3n) is 1.35. The number of aliphatic hydroxyl groups is 3. The molecule has 86 valence electrons. The Kier molecular flexibility index (Phi) is 3.21. The largest absolute Gasteiger partial charge is 0.707 e. The summed E-state index contributed by atoms with van der Waals surface area (Å²) in [5.74, 6) is -7.99. The van der Waals surface area contributed by atoms with Crippen molar-refractivity contribution in [3.05, 3.63) is 30.3 Å². The highest BCUT2D eigenvalue weighted by molar-refractivity contribution is 4.59. The van der Waals surface area contributed by atoms with Gasteiger partial charge in [0, 0.05) is 0 Å². The van der Waals surface area contributed by atoms with Crippen molar-refractivity contribution in [3.8, 4) is 0 Å². The molecule has 15 heavy (non-hydrogen) atoms. The minimum atomic E-state index is -4.10. The van der Waals surface area contributed by atoms with Crippen LogP contribution in [0, 0.1) is 30.3 Å². The van der Waals surface area contributed by atoms with E-state index < -0.39 is 33.0 Å². The predicted octanol–water partition coefficient (Wildman–Crippen LogP) is -2.51. The molecular formula is C3H5N3O9. The number of nitrogens with zero attached hydrogens (tertiary/aromatic N) is 3. The first-order chi connectivity index (χ1) is 6.54. The van der Waals surface area contributed by atoms with Gasteiger partial charge >= 0.3 is 5.79 Å². The Morgan fingerprint density at radius 3 is 1.20 bits per heavy atom. The van der Waals surface area contributed by atoms with Gasteiger partial charge in [0.05, 0.1) is 0 Å². The molecule has 0 saturated heterocycles. The molecule has 3 N–H and O–H groups in total. The van der Waals surface area contributed by atoms with E-state index >= 15 is 0 Å². The van der Waals surface area contributed by atoms with E-state index in [1.165, 1.54) is 0 Å². The molecule has 0 unspecified atom stereocenters. The molecule has 0 fully saturated rings. The van der Waals surface area contributed by atoms with E-state index in [1.807, 2.05) is 0 Å². The van der Waals surface area contributed by atoms with Crippen LogP contribution in [-0.4, -0.2) is 41.8 Å².